The summed E-state index contributed by atoms with van der Waals surface area (Å²) in [6.07, 6.45) is 0. The number of ether oxygens (including phenoxy) is 1. The van der Waals surface area contributed by atoms with Crippen molar-refractivity contribution in [3.8, 4) is 5.75 Å². The first-order chi connectivity index (χ1) is 8.06. The highest BCUT2D eigenvalue weighted by Gasteiger charge is 2.22. The number of hydrogen-bond acceptors (Lipinski definition) is 3. The molecule has 0 aromatic heterocycles. The van der Waals surface area contributed by atoms with E-state index >= 15 is 0 Å². The summed E-state index contributed by atoms with van der Waals surface area (Å²) < 4.78 is 5.68. The Morgan fingerprint density at radius 1 is 1.47 bits per heavy atom. The zero-order chi connectivity index (χ0) is 12.4. The highest BCUT2D eigenvalue weighted by molar-refractivity contribution is 5.97. The Kier molecular flexibility index (Phi) is 3.33. The molecule has 4 heteroatoms. The maximum atomic E-state index is 12.0. The molecule has 17 heavy (non-hydrogen) atoms. The van der Waals surface area contributed by atoms with Gasteiger partial charge >= 0.3 is 0 Å². The molecule has 0 unspecified atom stereocenters. The molecule has 92 valence electrons. The first-order valence-electron chi connectivity index (χ1n) is 5.75. The Morgan fingerprint density at radius 3 is 2.94 bits per heavy atom. The summed E-state index contributed by atoms with van der Waals surface area (Å²) >= 11 is 0. The summed E-state index contributed by atoms with van der Waals surface area (Å²) in [7, 11) is 3.96. The molecule has 0 radical (unpaired) electrons. The topological polar surface area (TPSA) is 41.6 Å². The lowest BCUT2D eigenvalue weighted by atomic mass is 10.1. The second-order valence-electron chi connectivity index (χ2n) is 4.74. The number of aryl methyl sites for hydroxylation is 1. The average Bonchev–Trinajstić information content (AvgIpc) is 2.39. The molecule has 1 heterocycles. The largest absolute Gasteiger partial charge is 0.491 e. The molecule has 1 N–H and O–H groups in total. The zero-order valence-corrected chi connectivity index (χ0v) is 10.5. The first-order valence-corrected chi connectivity index (χ1v) is 5.75. The van der Waals surface area contributed by atoms with E-state index in [1.807, 2.05) is 44.1 Å². The van der Waals surface area contributed by atoms with E-state index in [1.165, 1.54) is 0 Å². The van der Waals surface area contributed by atoms with Crippen molar-refractivity contribution in [2.75, 3.05) is 27.2 Å². The summed E-state index contributed by atoms with van der Waals surface area (Å²) in [6.45, 7) is 3.26. The molecule has 0 aliphatic carbocycles. The van der Waals surface area contributed by atoms with Crippen molar-refractivity contribution in [2.24, 2.45) is 0 Å². The second-order valence-corrected chi connectivity index (χ2v) is 4.74. The van der Waals surface area contributed by atoms with Gasteiger partial charge in [-0.15, -0.1) is 0 Å². The standard InChI is InChI=1S/C13H18N2O2/c1-9-4-5-12-11(6-9)13(16)14-10(8-17-12)7-15(2)3/h4-6,10H,7-8H2,1-3H3,(H,14,16)/t10-/m0/s1. The van der Waals surface area contributed by atoms with Crippen LogP contribution in [-0.4, -0.2) is 44.1 Å². The van der Waals surface area contributed by atoms with Crippen molar-refractivity contribution in [3.05, 3.63) is 29.3 Å². The van der Waals surface area contributed by atoms with Gasteiger partial charge in [-0.2, -0.15) is 0 Å². The number of nitrogens with one attached hydrogen (secondary N) is 1. The van der Waals surface area contributed by atoms with Gasteiger partial charge in [0.15, 0.2) is 0 Å². The van der Waals surface area contributed by atoms with Crippen LogP contribution in [0.3, 0.4) is 0 Å². The third-order valence-electron chi connectivity index (χ3n) is 2.74. The lowest BCUT2D eigenvalue weighted by molar-refractivity contribution is 0.0931. The fourth-order valence-corrected chi connectivity index (χ4v) is 1.98. The van der Waals surface area contributed by atoms with Gasteiger partial charge in [0.1, 0.15) is 12.4 Å². The van der Waals surface area contributed by atoms with Crippen LogP contribution in [0.2, 0.25) is 0 Å². The Bertz CT molecular complexity index is 429. The molecule has 1 aliphatic heterocycles. The van der Waals surface area contributed by atoms with Crippen LogP contribution in [0.1, 0.15) is 15.9 Å². The number of carbonyl (C=O) groups excluding carboxylic acids is 1. The van der Waals surface area contributed by atoms with Crippen molar-refractivity contribution in [1.82, 2.24) is 10.2 Å². The minimum atomic E-state index is -0.0481. The van der Waals surface area contributed by atoms with Gasteiger partial charge in [-0.05, 0) is 33.2 Å². The summed E-state index contributed by atoms with van der Waals surface area (Å²) in [6, 6.07) is 5.72. The van der Waals surface area contributed by atoms with Crippen molar-refractivity contribution < 1.29 is 9.53 Å². The number of amides is 1. The third-order valence-corrected chi connectivity index (χ3v) is 2.74. The number of nitrogens with zero attached hydrogens (tertiary/aromatic N) is 1. The summed E-state index contributed by atoms with van der Waals surface area (Å²) in [5, 5.41) is 2.99. The fraction of sp³-hybridized carbons (Fsp3) is 0.462. The zero-order valence-electron chi connectivity index (χ0n) is 10.5. The molecule has 0 fully saturated rings. The SMILES string of the molecule is Cc1ccc2c(c1)C(=O)N[C@@H](CN(C)C)CO2. The van der Waals surface area contributed by atoms with E-state index in [9.17, 15) is 4.79 Å². The molecule has 0 saturated carbocycles. The molecule has 0 spiro atoms. The van der Waals surface area contributed by atoms with Crippen molar-refractivity contribution in [1.29, 1.82) is 0 Å². The number of fused-ring (bicyclic) bond motifs is 1. The van der Waals surface area contributed by atoms with E-state index in [1.54, 1.807) is 0 Å². The predicted molar refractivity (Wildman–Crippen MR) is 66.5 cm³/mol. The van der Waals surface area contributed by atoms with E-state index in [-0.39, 0.29) is 11.9 Å². The van der Waals surface area contributed by atoms with E-state index in [0.717, 1.165) is 12.1 Å². The van der Waals surface area contributed by atoms with Crippen molar-refractivity contribution >= 4 is 5.91 Å². The molecule has 0 saturated heterocycles. The van der Waals surface area contributed by atoms with Gasteiger partial charge in [0.05, 0.1) is 11.6 Å². The highest BCUT2D eigenvalue weighted by atomic mass is 16.5. The molecular formula is C13H18N2O2. The monoisotopic (exact) mass is 234 g/mol. The fourth-order valence-electron chi connectivity index (χ4n) is 1.98. The molecule has 1 atom stereocenters. The van der Waals surface area contributed by atoms with Gasteiger partial charge in [-0.3, -0.25) is 4.79 Å². The van der Waals surface area contributed by atoms with Gasteiger partial charge < -0.3 is 15.0 Å². The van der Waals surface area contributed by atoms with Crippen LogP contribution in [0.4, 0.5) is 0 Å². The maximum Gasteiger partial charge on any atom is 0.255 e. The summed E-state index contributed by atoms with van der Waals surface area (Å²) in [5.41, 5.74) is 1.69. The third kappa shape index (κ3) is 2.77. The second kappa shape index (κ2) is 4.75. The lowest BCUT2D eigenvalue weighted by Crippen LogP contribution is -2.43. The number of likely N-dealkylation sites (N-methyl/N-ethyl adjacent to an activating group) is 1. The summed E-state index contributed by atoms with van der Waals surface area (Å²) in [4.78, 5) is 14.1. The lowest BCUT2D eigenvalue weighted by Gasteiger charge is -2.19. The van der Waals surface area contributed by atoms with E-state index in [0.29, 0.717) is 17.9 Å². The smallest absolute Gasteiger partial charge is 0.255 e. The van der Waals surface area contributed by atoms with Crippen LogP contribution < -0.4 is 10.1 Å². The molecule has 0 bridgehead atoms. The Morgan fingerprint density at radius 2 is 2.24 bits per heavy atom. The first kappa shape index (κ1) is 11.9. The van der Waals surface area contributed by atoms with Crippen LogP contribution in [0.15, 0.2) is 18.2 Å². The van der Waals surface area contributed by atoms with E-state index < -0.39 is 0 Å². The predicted octanol–water partition coefficient (Wildman–Crippen LogP) is 1.05. The van der Waals surface area contributed by atoms with Gasteiger partial charge in [0, 0.05) is 6.54 Å². The Hall–Kier alpha value is -1.55. The van der Waals surface area contributed by atoms with Crippen molar-refractivity contribution in [3.63, 3.8) is 0 Å². The van der Waals surface area contributed by atoms with E-state index in [2.05, 4.69) is 5.32 Å². The molecule has 2 rings (SSSR count). The van der Waals surface area contributed by atoms with Crippen LogP contribution >= 0.6 is 0 Å². The maximum absolute atomic E-state index is 12.0. The van der Waals surface area contributed by atoms with E-state index in [4.69, 9.17) is 4.74 Å². The van der Waals surface area contributed by atoms with Gasteiger partial charge in [-0.1, -0.05) is 11.6 Å². The minimum Gasteiger partial charge on any atom is -0.491 e. The number of benzene rings is 1. The van der Waals surface area contributed by atoms with Crippen LogP contribution in [-0.2, 0) is 0 Å². The van der Waals surface area contributed by atoms with Crippen LogP contribution in [0, 0.1) is 6.92 Å². The molecule has 4 nitrogen and oxygen atoms in total. The normalized spacial score (nSPS) is 19.3. The van der Waals surface area contributed by atoms with Gasteiger partial charge in [-0.25, -0.2) is 0 Å². The number of carbonyl (C=O) groups is 1. The minimum absolute atomic E-state index is 0.0326. The van der Waals surface area contributed by atoms with Crippen LogP contribution in [0.5, 0.6) is 5.75 Å². The number of hydrogen-bond donors (Lipinski definition) is 1. The molecule has 1 aromatic rings. The Labute approximate surface area is 102 Å². The molecular weight excluding hydrogens is 216 g/mol. The molecule has 1 aromatic carbocycles. The van der Waals surface area contributed by atoms with Gasteiger partial charge in [0.2, 0.25) is 0 Å². The number of rotatable bonds is 2. The van der Waals surface area contributed by atoms with Crippen LogP contribution in [0.25, 0.3) is 0 Å². The molecule has 1 aliphatic rings. The van der Waals surface area contributed by atoms with Crippen molar-refractivity contribution in [2.45, 2.75) is 13.0 Å². The highest BCUT2D eigenvalue weighted by Crippen LogP contribution is 2.22. The quantitative estimate of drug-likeness (QED) is 0.831. The molecule has 1 amide bonds. The Balaban J connectivity index is 2.20. The van der Waals surface area contributed by atoms with Gasteiger partial charge in [0.25, 0.3) is 5.91 Å². The summed E-state index contributed by atoms with van der Waals surface area (Å²) in [5.74, 6) is 0.627. The average molecular weight is 234 g/mol.